The van der Waals surface area contributed by atoms with Gasteiger partial charge < -0.3 is 15.0 Å². The van der Waals surface area contributed by atoms with E-state index in [1.54, 1.807) is 32.4 Å². The molecule has 102 valence electrons. The largest absolute Gasteiger partial charge is 0.497 e. The number of nitrogens with one attached hydrogen (secondary N) is 1. The predicted octanol–water partition coefficient (Wildman–Crippen LogP) is 3.22. The summed E-state index contributed by atoms with van der Waals surface area (Å²) >= 11 is 3.37. The summed E-state index contributed by atoms with van der Waals surface area (Å²) < 4.78 is 5.82. The van der Waals surface area contributed by atoms with Gasteiger partial charge in [-0.2, -0.15) is 5.26 Å². The molecule has 1 N–H and O–H groups in total. The Morgan fingerprint density at radius 2 is 2.32 bits per heavy atom. The van der Waals surface area contributed by atoms with Crippen molar-refractivity contribution in [2.24, 2.45) is 0 Å². The average Bonchev–Trinajstić information content (AvgIpc) is 2.40. The van der Waals surface area contributed by atoms with Crippen LogP contribution in [0.3, 0.4) is 0 Å². The SMILES string of the molecule is COc1ccc(NC(=O)N(C)[C@H](C)CC#N)c(Br)c1. The Morgan fingerprint density at radius 3 is 2.84 bits per heavy atom. The van der Waals surface area contributed by atoms with Gasteiger partial charge in [-0.1, -0.05) is 0 Å². The van der Waals surface area contributed by atoms with Gasteiger partial charge in [0, 0.05) is 17.6 Å². The van der Waals surface area contributed by atoms with Gasteiger partial charge in [-0.05, 0) is 41.1 Å². The van der Waals surface area contributed by atoms with Gasteiger partial charge >= 0.3 is 6.03 Å². The minimum atomic E-state index is -0.256. The average molecular weight is 326 g/mol. The summed E-state index contributed by atoms with van der Waals surface area (Å²) in [6.45, 7) is 1.83. The van der Waals surface area contributed by atoms with E-state index in [0.717, 1.165) is 4.47 Å². The molecule has 0 aliphatic rings. The molecule has 0 aromatic heterocycles. The molecule has 6 heteroatoms. The van der Waals surface area contributed by atoms with Gasteiger partial charge in [0.1, 0.15) is 5.75 Å². The monoisotopic (exact) mass is 325 g/mol. The van der Waals surface area contributed by atoms with Crippen LogP contribution in [-0.4, -0.2) is 31.1 Å². The first-order valence-corrected chi connectivity index (χ1v) is 6.53. The molecule has 5 nitrogen and oxygen atoms in total. The lowest BCUT2D eigenvalue weighted by atomic mass is 10.2. The van der Waals surface area contributed by atoms with Crippen molar-refractivity contribution in [3.05, 3.63) is 22.7 Å². The molecule has 1 aromatic carbocycles. The van der Waals surface area contributed by atoms with Crippen molar-refractivity contribution in [3.8, 4) is 11.8 Å². The molecule has 0 aliphatic heterocycles. The number of nitriles is 1. The van der Waals surface area contributed by atoms with Crippen LogP contribution in [0.15, 0.2) is 22.7 Å². The second-order valence-electron chi connectivity index (χ2n) is 4.10. The normalized spacial score (nSPS) is 11.3. The van der Waals surface area contributed by atoms with Crippen LogP contribution in [0.1, 0.15) is 13.3 Å². The number of anilines is 1. The van der Waals surface area contributed by atoms with Gasteiger partial charge in [0.15, 0.2) is 0 Å². The molecule has 19 heavy (non-hydrogen) atoms. The number of carbonyl (C=O) groups excluding carboxylic acids is 1. The molecule has 0 aliphatic carbocycles. The molecule has 0 heterocycles. The summed E-state index contributed by atoms with van der Waals surface area (Å²) in [7, 11) is 3.24. The summed E-state index contributed by atoms with van der Waals surface area (Å²) in [6, 6.07) is 6.94. The van der Waals surface area contributed by atoms with E-state index in [9.17, 15) is 4.79 Å². The van der Waals surface area contributed by atoms with Gasteiger partial charge in [0.05, 0.1) is 25.3 Å². The molecule has 0 saturated carbocycles. The van der Waals surface area contributed by atoms with E-state index in [1.807, 2.05) is 13.0 Å². The van der Waals surface area contributed by atoms with Crippen molar-refractivity contribution in [2.45, 2.75) is 19.4 Å². The molecule has 1 atom stereocenters. The fraction of sp³-hybridized carbons (Fsp3) is 0.385. The van der Waals surface area contributed by atoms with Gasteiger partial charge in [-0.25, -0.2) is 4.79 Å². The number of amides is 2. The first kappa shape index (κ1) is 15.3. The number of urea groups is 1. The number of methoxy groups -OCH3 is 1. The van der Waals surface area contributed by atoms with E-state index in [0.29, 0.717) is 17.9 Å². The van der Waals surface area contributed by atoms with Crippen molar-refractivity contribution in [1.82, 2.24) is 4.90 Å². The van der Waals surface area contributed by atoms with Crippen molar-refractivity contribution in [1.29, 1.82) is 5.26 Å². The van der Waals surface area contributed by atoms with E-state index in [-0.39, 0.29) is 12.1 Å². The van der Waals surface area contributed by atoms with E-state index in [1.165, 1.54) is 4.90 Å². The Bertz CT molecular complexity index is 499. The number of nitrogens with zero attached hydrogens (tertiary/aromatic N) is 2. The number of benzene rings is 1. The lowest BCUT2D eigenvalue weighted by Gasteiger charge is -2.23. The maximum Gasteiger partial charge on any atom is 0.321 e. The van der Waals surface area contributed by atoms with Crippen LogP contribution in [0.5, 0.6) is 5.75 Å². The highest BCUT2D eigenvalue weighted by Crippen LogP contribution is 2.27. The van der Waals surface area contributed by atoms with Crippen molar-refractivity contribution >= 4 is 27.6 Å². The van der Waals surface area contributed by atoms with Gasteiger partial charge in [-0.15, -0.1) is 0 Å². The number of halogens is 1. The summed E-state index contributed by atoms with van der Waals surface area (Å²) in [5, 5.41) is 11.4. The van der Waals surface area contributed by atoms with Gasteiger partial charge in [0.25, 0.3) is 0 Å². The van der Waals surface area contributed by atoms with Crippen LogP contribution in [0.2, 0.25) is 0 Å². The Balaban J connectivity index is 2.74. The molecule has 0 fully saturated rings. The highest BCUT2D eigenvalue weighted by molar-refractivity contribution is 9.10. The number of hydrogen-bond donors (Lipinski definition) is 1. The molecule has 1 rings (SSSR count). The van der Waals surface area contributed by atoms with E-state index in [2.05, 4.69) is 21.2 Å². The molecule has 0 bridgehead atoms. The van der Waals surface area contributed by atoms with Crippen molar-refractivity contribution in [3.63, 3.8) is 0 Å². The molecule has 0 unspecified atom stereocenters. The van der Waals surface area contributed by atoms with Crippen molar-refractivity contribution in [2.75, 3.05) is 19.5 Å². The van der Waals surface area contributed by atoms with Crippen LogP contribution in [0, 0.1) is 11.3 Å². The Morgan fingerprint density at radius 1 is 1.63 bits per heavy atom. The third-order valence-electron chi connectivity index (χ3n) is 2.79. The van der Waals surface area contributed by atoms with E-state index >= 15 is 0 Å². The maximum atomic E-state index is 12.0. The molecule has 1 aromatic rings. The summed E-state index contributed by atoms with van der Waals surface area (Å²) in [4.78, 5) is 13.5. The molecular formula is C13H16BrN3O2. The number of rotatable bonds is 4. The highest BCUT2D eigenvalue weighted by Gasteiger charge is 2.16. The van der Waals surface area contributed by atoms with Crippen LogP contribution < -0.4 is 10.1 Å². The number of hydrogen-bond acceptors (Lipinski definition) is 3. The predicted molar refractivity (Wildman–Crippen MR) is 77.2 cm³/mol. The summed E-state index contributed by atoms with van der Waals surface area (Å²) in [5.41, 5.74) is 0.654. The summed E-state index contributed by atoms with van der Waals surface area (Å²) in [5.74, 6) is 0.705. The molecule has 2 amide bonds. The number of carbonyl (C=O) groups is 1. The first-order valence-electron chi connectivity index (χ1n) is 5.74. The Labute approximate surface area is 121 Å². The van der Waals surface area contributed by atoms with E-state index in [4.69, 9.17) is 10.00 Å². The molecule has 0 spiro atoms. The highest BCUT2D eigenvalue weighted by atomic mass is 79.9. The quantitative estimate of drug-likeness (QED) is 0.924. The van der Waals surface area contributed by atoms with Crippen LogP contribution in [0.25, 0.3) is 0 Å². The maximum absolute atomic E-state index is 12.0. The van der Waals surface area contributed by atoms with Gasteiger partial charge in [-0.3, -0.25) is 0 Å². The Kier molecular flexibility index (Phi) is 5.64. The fourth-order valence-corrected chi connectivity index (χ4v) is 1.85. The topological polar surface area (TPSA) is 65.4 Å². The van der Waals surface area contributed by atoms with Crippen LogP contribution in [0.4, 0.5) is 10.5 Å². The fourth-order valence-electron chi connectivity index (χ4n) is 1.40. The van der Waals surface area contributed by atoms with Gasteiger partial charge in [0.2, 0.25) is 0 Å². The summed E-state index contributed by atoms with van der Waals surface area (Å²) in [6.07, 6.45) is 0.299. The van der Waals surface area contributed by atoms with Crippen LogP contribution in [-0.2, 0) is 0 Å². The zero-order chi connectivity index (χ0) is 14.4. The molecular weight excluding hydrogens is 310 g/mol. The first-order chi connectivity index (χ1) is 8.99. The minimum absolute atomic E-state index is 0.137. The second-order valence-corrected chi connectivity index (χ2v) is 4.95. The zero-order valence-electron chi connectivity index (χ0n) is 11.1. The lowest BCUT2D eigenvalue weighted by molar-refractivity contribution is 0.208. The zero-order valence-corrected chi connectivity index (χ0v) is 12.7. The molecule has 0 radical (unpaired) electrons. The third kappa shape index (κ3) is 4.14. The van der Waals surface area contributed by atoms with E-state index < -0.39 is 0 Å². The standard InChI is InChI=1S/C13H16BrN3O2/c1-9(6-7-15)17(2)13(18)16-12-5-4-10(19-3)8-11(12)14/h4-5,8-9H,6H2,1-3H3,(H,16,18)/t9-/m1/s1. The minimum Gasteiger partial charge on any atom is -0.497 e. The van der Waals surface area contributed by atoms with Crippen molar-refractivity contribution < 1.29 is 9.53 Å². The van der Waals surface area contributed by atoms with Crippen LogP contribution >= 0.6 is 15.9 Å². The smallest absolute Gasteiger partial charge is 0.321 e. The Hall–Kier alpha value is -1.74. The number of ether oxygens (including phenoxy) is 1. The lowest BCUT2D eigenvalue weighted by Crippen LogP contribution is -2.38. The second kappa shape index (κ2) is 7.00. The third-order valence-corrected chi connectivity index (χ3v) is 3.44. The molecule has 0 saturated heterocycles.